The van der Waals surface area contributed by atoms with Gasteiger partial charge in [0.05, 0.1) is 10.6 Å². The van der Waals surface area contributed by atoms with E-state index in [0.717, 1.165) is 6.42 Å². The first-order valence-electron chi connectivity index (χ1n) is 6.32. The summed E-state index contributed by atoms with van der Waals surface area (Å²) in [5.74, 6) is -0.801. The summed E-state index contributed by atoms with van der Waals surface area (Å²) in [6.07, 6.45) is 0.742. The minimum Gasteiger partial charge on any atom is -0.338 e. The highest BCUT2D eigenvalue weighted by Gasteiger charge is 2.36. The second-order valence-electron chi connectivity index (χ2n) is 5.71. The normalized spacial score (nSPS) is 22.4. The van der Waals surface area contributed by atoms with Gasteiger partial charge in [-0.15, -0.1) is 0 Å². The predicted molar refractivity (Wildman–Crippen MR) is 73.7 cm³/mol. The molecule has 1 fully saturated rings. The molecule has 0 aliphatic carbocycles. The van der Waals surface area contributed by atoms with Gasteiger partial charge in [0, 0.05) is 19.1 Å². The van der Waals surface area contributed by atoms with Gasteiger partial charge in [0.1, 0.15) is 5.82 Å². The number of carbonyl (C=O) groups is 1. The fraction of sp³-hybridized carbons (Fsp3) is 0.500. The van der Waals surface area contributed by atoms with Gasteiger partial charge in [-0.05, 0) is 24.0 Å². The Morgan fingerprint density at radius 1 is 1.53 bits per heavy atom. The van der Waals surface area contributed by atoms with Crippen molar-refractivity contribution in [2.45, 2.75) is 26.3 Å². The summed E-state index contributed by atoms with van der Waals surface area (Å²) in [5.41, 5.74) is 6.11. The molecule has 0 saturated carbocycles. The molecule has 2 N–H and O–H groups in total. The lowest BCUT2D eigenvalue weighted by atomic mass is 9.79. The molecule has 1 amide bonds. The largest absolute Gasteiger partial charge is 0.338 e. The van der Waals surface area contributed by atoms with Gasteiger partial charge in [-0.3, -0.25) is 4.79 Å². The summed E-state index contributed by atoms with van der Waals surface area (Å²) >= 11 is 5.86. The van der Waals surface area contributed by atoms with Crippen LogP contribution in [0.1, 0.15) is 30.6 Å². The molecular weight excluding hydrogens is 267 g/mol. The van der Waals surface area contributed by atoms with Crippen LogP contribution in [0.15, 0.2) is 18.2 Å². The molecule has 1 unspecified atom stereocenters. The highest BCUT2D eigenvalue weighted by Crippen LogP contribution is 2.30. The minimum absolute atomic E-state index is 0.0690. The van der Waals surface area contributed by atoms with Gasteiger partial charge < -0.3 is 10.6 Å². The van der Waals surface area contributed by atoms with E-state index < -0.39 is 5.82 Å². The molecule has 1 saturated heterocycles. The summed E-state index contributed by atoms with van der Waals surface area (Å²) in [6, 6.07) is 4.36. The molecule has 1 atom stereocenters. The van der Waals surface area contributed by atoms with Crippen LogP contribution in [0, 0.1) is 11.2 Å². The molecule has 0 spiro atoms. The zero-order valence-corrected chi connectivity index (χ0v) is 11.9. The van der Waals surface area contributed by atoms with Crippen LogP contribution in [0.4, 0.5) is 4.39 Å². The average Bonchev–Trinajstić information content (AvgIpc) is 2.35. The van der Waals surface area contributed by atoms with E-state index in [1.807, 2.05) is 13.8 Å². The van der Waals surface area contributed by atoms with Crippen LogP contribution in [-0.4, -0.2) is 29.9 Å². The van der Waals surface area contributed by atoms with Gasteiger partial charge >= 0.3 is 0 Å². The first-order chi connectivity index (χ1) is 8.83. The Morgan fingerprint density at radius 3 is 2.84 bits per heavy atom. The van der Waals surface area contributed by atoms with E-state index in [1.165, 1.54) is 12.1 Å². The molecule has 0 radical (unpaired) electrons. The first-order valence-corrected chi connectivity index (χ1v) is 6.69. The number of hydrogen-bond acceptors (Lipinski definition) is 2. The third-order valence-electron chi connectivity index (χ3n) is 3.78. The van der Waals surface area contributed by atoms with Crippen molar-refractivity contribution in [2.24, 2.45) is 11.1 Å². The molecular formula is C14H18ClFN2O. The van der Waals surface area contributed by atoms with Gasteiger partial charge in [-0.2, -0.15) is 0 Å². The smallest absolute Gasteiger partial charge is 0.255 e. The quantitative estimate of drug-likeness (QED) is 0.862. The Balaban J connectivity index is 2.23. The second kappa shape index (κ2) is 5.10. The van der Waals surface area contributed by atoms with Crippen molar-refractivity contribution in [1.29, 1.82) is 0 Å². The lowest BCUT2D eigenvalue weighted by Crippen LogP contribution is -2.54. The molecule has 3 nitrogen and oxygen atoms in total. The van der Waals surface area contributed by atoms with E-state index in [1.54, 1.807) is 11.0 Å². The van der Waals surface area contributed by atoms with Crippen LogP contribution in [-0.2, 0) is 0 Å². The van der Waals surface area contributed by atoms with Crippen molar-refractivity contribution in [2.75, 3.05) is 13.1 Å². The Morgan fingerprint density at radius 2 is 2.21 bits per heavy atom. The van der Waals surface area contributed by atoms with Gasteiger partial charge in [-0.25, -0.2) is 4.39 Å². The molecule has 1 aromatic carbocycles. The van der Waals surface area contributed by atoms with Crippen LogP contribution in [0.25, 0.3) is 0 Å². The number of nitrogens with zero attached hydrogens (tertiary/aromatic N) is 1. The lowest BCUT2D eigenvalue weighted by molar-refractivity contribution is 0.0532. The predicted octanol–water partition coefficient (Wildman–Crippen LogP) is 2.68. The van der Waals surface area contributed by atoms with Crippen LogP contribution in [0.5, 0.6) is 0 Å². The van der Waals surface area contributed by atoms with Crippen molar-refractivity contribution < 1.29 is 9.18 Å². The summed E-state index contributed by atoms with van der Waals surface area (Å²) in [6.45, 7) is 5.20. The Kier molecular flexibility index (Phi) is 3.83. The highest BCUT2D eigenvalue weighted by atomic mass is 35.5. The standard InChI is InChI=1S/C14H18ClFN2O/c1-14(2)8-18(7-6-11(14)17)13(19)9-4-3-5-10(16)12(9)15/h3-5,11H,6-8,17H2,1-2H3. The number of nitrogens with two attached hydrogens (primary N) is 1. The van der Waals surface area contributed by atoms with Crippen molar-refractivity contribution >= 4 is 17.5 Å². The Labute approximate surface area is 117 Å². The number of amides is 1. The maximum absolute atomic E-state index is 13.4. The van der Waals surface area contributed by atoms with E-state index >= 15 is 0 Å². The monoisotopic (exact) mass is 284 g/mol. The average molecular weight is 285 g/mol. The van der Waals surface area contributed by atoms with Crippen LogP contribution in [0.3, 0.4) is 0 Å². The number of likely N-dealkylation sites (tertiary alicyclic amines) is 1. The molecule has 0 aromatic heterocycles. The highest BCUT2D eigenvalue weighted by molar-refractivity contribution is 6.34. The van der Waals surface area contributed by atoms with Crippen LogP contribution < -0.4 is 5.73 Å². The lowest BCUT2D eigenvalue weighted by Gasteiger charge is -2.42. The molecule has 1 aromatic rings. The number of rotatable bonds is 1. The third kappa shape index (κ3) is 2.74. The summed E-state index contributed by atoms with van der Waals surface area (Å²) in [4.78, 5) is 14.1. The zero-order chi connectivity index (χ0) is 14.2. The molecule has 1 heterocycles. The summed E-state index contributed by atoms with van der Waals surface area (Å²) in [7, 11) is 0. The van der Waals surface area contributed by atoms with Crippen molar-refractivity contribution in [3.8, 4) is 0 Å². The molecule has 104 valence electrons. The molecule has 1 aliphatic heterocycles. The molecule has 2 rings (SSSR count). The van der Waals surface area contributed by atoms with Crippen LogP contribution >= 0.6 is 11.6 Å². The maximum atomic E-state index is 13.4. The van der Waals surface area contributed by atoms with Crippen molar-refractivity contribution in [3.05, 3.63) is 34.6 Å². The fourth-order valence-electron chi connectivity index (χ4n) is 2.39. The topological polar surface area (TPSA) is 46.3 Å². The van der Waals surface area contributed by atoms with Crippen molar-refractivity contribution in [1.82, 2.24) is 4.90 Å². The van der Waals surface area contributed by atoms with Crippen molar-refractivity contribution in [3.63, 3.8) is 0 Å². The summed E-state index contributed by atoms with van der Waals surface area (Å²) < 4.78 is 13.4. The maximum Gasteiger partial charge on any atom is 0.255 e. The van der Waals surface area contributed by atoms with E-state index in [0.29, 0.717) is 13.1 Å². The van der Waals surface area contributed by atoms with E-state index in [2.05, 4.69) is 0 Å². The van der Waals surface area contributed by atoms with E-state index in [9.17, 15) is 9.18 Å². The minimum atomic E-state index is -0.569. The molecule has 1 aliphatic rings. The number of hydrogen-bond donors (Lipinski definition) is 1. The SMILES string of the molecule is CC1(C)CN(C(=O)c2cccc(F)c2Cl)CCC1N. The molecule has 19 heavy (non-hydrogen) atoms. The first kappa shape index (κ1) is 14.3. The zero-order valence-electron chi connectivity index (χ0n) is 11.1. The van der Waals surface area contributed by atoms with Gasteiger partial charge in [0.25, 0.3) is 5.91 Å². The van der Waals surface area contributed by atoms with Gasteiger partial charge in [-0.1, -0.05) is 31.5 Å². The Hall–Kier alpha value is -1.13. The van der Waals surface area contributed by atoms with Gasteiger partial charge in [0.2, 0.25) is 0 Å². The third-order valence-corrected chi connectivity index (χ3v) is 4.17. The van der Waals surface area contributed by atoms with Gasteiger partial charge in [0.15, 0.2) is 0 Å². The number of carbonyl (C=O) groups excluding carboxylic acids is 1. The number of benzene rings is 1. The summed E-state index contributed by atoms with van der Waals surface area (Å²) in [5, 5.41) is -0.111. The van der Waals surface area contributed by atoms with E-state index in [4.69, 9.17) is 17.3 Å². The molecule has 5 heteroatoms. The second-order valence-corrected chi connectivity index (χ2v) is 6.09. The number of piperidine rings is 1. The molecule has 0 bridgehead atoms. The Bertz CT molecular complexity index is 504. The fourth-order valence-corrected chi connectivity index (χ4v) is 2.59. The van der Waals surface area contributed by atoms with Crippen LogP contribution in [0.2, 0.25) is 5.02 Å². The van der Waals surface area contributed by atoms with E-state index in [-0.39, 0.29) is 28.0 Å². The number of halogens is 2.